The maximum atomic E-state index is 8.63. The van der Waals surface area contributed by atoms with Crippen LogP contribution in [0.25, 0.3) is 0 Å². The molecular formula is HNNa2O7S. The molecule has 0 aliphatic rings. The predicted octanol–water partition coefficient (Wildman–Crippen LogP) is -7.23. The van der Waals surface area contributed by atoms with Crippen LogP contribution in [0.3, 0.4) is 0 Å². The third-order valence-electron chi connectivity index (χ3n) is 0. The molecule has 0 aromatic rings. The van der Waals surface area contributed by atoms with Gasteiger partial charge >= 0.3 is 59.1 Å². The van der Waals surface area contributed by atoms with Gasteiger partial charge in [-0.1, -0.05) is 0 Å². The molecule has 0 unspecified atom stereocenters. The molecule has 0 aliphatic heterocycles. The van der Waals surface area contributed by atoms with Crippen LogP contribution >= 0.6 is 0 Å². The summed E-state index contributed by atoms with van der Waals surface area (Å²) in [5.74, 6) is 0. The molecule has 11 heavy (non-hydrogen) atoms. The molecule has 1 N–H and O–H groups in total. The molecule has 0 aliphatic carbocycles. The van der Waals surface area contributed by atoms with E-state index in [0.717, 1.165) is 0 Å². The fraction of sp³-hybridized carbons (Fsp3) is 0. The van der Waals surface area contributed by atoms with Crippen LogP contribution in [0.4, 0.5) is 0 Å². The molecule has 0 aromatic heterocycles. The van der Waals surface area contributed by atoms with E-state index in [9.17, 15) is 0 Å². The van der Waals surface area contributed by atoms with Gasteiger partial charge < -0.3 is 19.9 Å². The van der Waals surface area contributed by atoms with E-state index in [0.29, 0.717) is 0 Å². The van der Waals surface area contributed by atoms with Crippen molar-refractivity contribution in [2.45, 2.75) is 0 Å². The first-order valence-electron chi connectivity index (χ1n) is 1.23. The topological polar surface area (TPSA) is 144 Å². The SMILES string of the molecule is O=S(=O)([O-])O.O=[N+]([O-])[O-].[Na+].[Na+]. The van der Waals surface area contributed by atoms with Crippen LogP contribution < -0.4 is 59.1 Å². The molecule has 0 saturated heterocycles. The molecule has 0 rings (SSSR count). The minimum Gasteiger partial charge on any atom is -0.726 e. The fourth-order valence-corrected chi connectivity index (χ4v) is 0. The number of rotatable bonds is 0. The maximum Gasteiger partial charge on any atom is 1.00 e. The van der Waals surface area contributed by atoms with E-state index in [2.05, 4.69) is 0 Å². The summed E-state index contributed by atoms with van der Waals surface area (Å²) in [4.78, 5) is 8.25. The Kier molecular flexibility index (Phi) is 22.9. The Morgan fingerprint density at radius 1 is 1.18 bits per heavy atom. The summed E-state index contributed by atoms with van der Waals surface area (Å²) in [6, 6.07) is 0. The molecule has 0 saturated carbocycles. The molecule has 0 heterocycles. The largest absolute Gasteiger partial charge is 1.00 e. The fourth-order valence-electron chi connectivity index (χ4n) is 0. The predicted molar refractivity (Wildman–Crippen MR) is 22.7 cm³/mol. The summed E-state index contributed by atoms with van der Waals surface area (Å²) in [5.41, 5.74) is 0. The van der Waals surface area contributed by atoms with E-state index in [1.807, 2.05) is 0 Å². The van der Waals surface area contributed by atoms with Crippen molar-refractivity contribution < 1.29 is 81.7 Å². The van der Waals surface area contributed by atoms with Crippen LogP contribution in [-0.4, -0.2) is 22.6 Å². The second-order valence-corrected chi connectivity index (χ2v) is 1.51. The van der Waals surface area contributed by atoms with Gasteiger partial charge in [0, 0.05) is 0 Å². The minimum absolute atomic E-state index is 0. The molecule has 0 spiro atoms. The van der Waals surface area contributed by atoms with E-state index in [1.54, 1.807) is 0 Å². The summed E-state index contributed by atoms with van der Waals surface area (Å²) in [6.45, 7) is 0. The number of nitrogens with zero attached hydrogens (tertiary/aromatic N) is 1. The van der Waals surface area contributed by atoms with Crippen LogP contribution in [0.2, 0.25) is 0 Å². The average molecular weight is 205 g/mol. The molecule has 0 atom stereocenters. The smallest absolute Gasteiger partial charge is 0.726 e. The van der Waals surface area contributed by atoms with Crippen molar-refractivity contribution in [2.24, 2.45) is 0 Å². The zero-order valence-corrected chi connectivity index (χ0v) is 10.6. The van der Waals surface area contributed by atoms with Crippen LogP contribution in [0.15, 0.2) is 0 Å². The van der Waals surface area contributed by atoms with Gasteiger partial charge in [-0.3, -0.25) is 4.55 Å². The molecule has 0 radical (unpaired) electrons. The first-order valence-corrected chi connectivity index (χ1v) is 2.60. The van der Waals surface area contributed by atoms with E-state index in [1.165, 1.54) is 0 Å². The van der Waals surface area contributed by atoms with Crippen molar-refractivity contribution in [3.8, 4) is 0 Å². The van der Waals surface area contributed by atoms with Gasteiger partial charge in [-0.05, 0) is 0 Å². The summed E-state index contributed by atoms with van der Waals surface area (Å²) >= 11 is 0. The standard InChI is InChI=1S/NO3.2Na.H2O4S/c2-1(3)4;;;1-5(2,3)4/h;;;(H2,1,2,3,4)/q-1;2*+1;/p-1. The maximum absolute atomic E-state index is 8.63. The van der Waals surface area contributed by atoms with Gasteiger partial charge in [0.15, 0.2) is 0 Å². The van der Waals surface area contributed by atoms with E-state index < -0.39 is 15.5 Å². The third kappa shape index (κ3) is 795. The second-order valence-electron chi connectivity index (χ2n) is 0.651. The summed E-state index contributed by atoms with van der Waals surface area (Å²) in [5, 5.41) is 14.8. The van der Waals surface area contributed by atoms with Gasteiger partial charge in [0.25, 0.3) is 0 Å². The summed E-state index contributed by atoms with van der Waals surface area (Å²) < 4.78 is 32.8. The van der Waals surface area contributed by atoms with Crippen molar-refractivity contribution in [1.82, 2.24) is 0 Å². The summed E-state index contributed by atoms with van der Waals surface area (Å²) in [6.07, 6.45) is 0. The Bertz CT molecular complexity index is 159. The average Bonchev–Trinajstić information content (AvgIpc) is 1.19. The molecule has 56 valence electrons. The Morgan fingerprint density at radius 2 is 1.18 bits per heavy atom. The zero-order chi connectivity index (χ0) is 8.08. The Morgan fingerprint density at radius 3 is 1.18 bits per heavy atom. The molecule has 8 nitrogen and oxygen atoms in total. The van der Waals surface area contributed by atoms with E-state index in [-0.39, 0.29) is 59.1 Å². The zero-order valence-electron chi connectivity index (χ0n) is 5.75. The molecule has 0 fully saturated rings. The summed E-state index contributed by atoms with van der Waals surface area (Å²) in [7, 11) is -4.92. The second kappa shape index (κ2) is 11.1. The van der Waals surface area contributed by atoms with Gasteiger partial charge in [-0.2, -0.15) is 0 Å². The van der Waals surface area contributed by atoms with Crippen LogP contribution in [0.1, 0.15) is 0 Å². The first-order chi connectivity index (χ1) is 3.73. The quantitative estimate of drug-likeness (QED) is 0.136. The minimum atomic E-state index is -4.92. The van der Waals surface area contributed by atoms with Crippen molar-refractivity contribution in [3.05, 3.63) is 15.3 Å². The van der Waals surface area contributed by atoms with Crippen molar-refractivity contribution >= 4 is 10.4 Å². The van der Waals surface area contributed by atoms with Gasteiger partial charge in [0.2, 0.25) is 10.4 Å². The van der Waals surface area contributed by atoms with E-state index >= 15 is 0 Å². The normalized spacial score (nSPS) is 7.45. The number of hydrogen-bond acceptors (Lipinski definition) is 6. The number of hydrogen-bond donors (Lipinski definition) is 1. The Labute approximate surface area is 106 Å². The van der Waals surface area contributed by atoms with Crippen LogP contribution in [-0.2, 0) is 10.4 Å². The van der Waals surface area contributed by atoms with Gasteiger partial charge in [0.05, 0.1) is 5.09 Å². The van der Waals surface area contributed by atoms with Crippen molar-refractivity contribution in [1.29, 1.82) is 0 Å². The van der Waals surface area contributed by atoms with Crippen LogP contribution in [0.5, 0.6) is 0 Å². The molecular weight excluding hydrogens is 204 g/mol. The monoisotopic (exact) mass is 205 g/mol. The Balaban J connectivity index is -0.0000000383. The van der Waals surface area contributed by atoms with Crippen molar-refractivity contribution in [3.63, 3.8) is 0 Å². The van der Waals surface area contributed by atoms with Gasteiger partial charge in [0.1, 0.15) is 0 Å². The Hall–Kier alpha value is 1.07. The van der Waals surface area contributed by atoms with Crippen molar-refractivity contribution in [2.75, 3.05) is 0 Å². The van der Waals surface area contributed by atoms with Gasteiger partial charge in [-0.15, -0.1) is 0 Å². The third-order valence-corrected chi connectivity index (χ3v) is 0. The van der Waals surface area contributed by atoms with Crippen LogP contribution in [0, 0.1) is 15.3 Å². The molecule has 0 amide bonds. The molecule has 11 heteroatoms. The molecule has 0 aromatic carbocycles. The molecule has 0 bridgehead atoms. The van der Waals surface area contributed by atoms with E-state index in [4.69, 9.17) is 32.8 Å². The first kappa shape index (κ1) is 22.7. The van der Waals surface area contributed by atoms with Gasteiger partial charge in [-0.25, -0.2) is 8.42 Å².